The normalized spacial score (nSPS) is 14.2. The number of ether oxygens (including phenoxy) is 1. The molecule has 0 radical (unpaired) electrons. The van der Waals surface area contributed by atoms with Crippen molar-refractivity contribution in [1.82, 2.24) is 10.2 Å². The van der Waals surface area contributed by atoms with Crippen LogP contribution in [0.15, 0.2) is 48.5 Å². The summed E-state index contributed by atoms with van der Waals surface area (Å²) >= 11 is 0. The first-order chi connectivity index (χ1) is 15.1. The van der Waals surface area contributed by atoms with Crippen LogP contribution in [0.4, 0.5) is 10.5 Å². The molecular weight excluding hydrogens is 390 g/mol. The molecule has 31 heavy (non-hydrogen) atoms. The number of rotatable bonds is 8. The smallest absolute Gasteiger partial charge is 0.321 e. The minimum atomic E-state index is -0.0638. The van der Waals surface area contributed by atoms with Gasteiger partial charge in [0.25, 0.3) is 0 Å². The highest BCUT2D eigenvalue weighted by molar-refractivity contribution is 5.91. The maximum atomic E-state index is 12.7. The van der Waals surface area contributed by atoms with E-state index in [0.717, 1.165) is 38.8 Å². The highest BCUT2D eigenvalue weighted by atomic mass is 16.5. The van der Waals surface area contributed by atoms with E-state index in [1.165, 1.54) is 11.1 Å². The fourth-order valence-corrected chi connectivity index (χ4v) is 3.94. The molecule has 2 aromatic carbocycles. The summed E-state index contributed by atoms with van der Waals surface area (Å²) in [7, 11) is 1.67. The van der Waals surface area contributed by atoms with Crippen LogP contribution in [0, 0.1) is 5.92 Å². The summed E-state index contributed by atoms with van der Waals surface area (Å²) in [6.45, 7) is 4.02. The van der Waals surface area contributed by atoms with E-state index in [2.05, 4.69) is 34.9 Å². The van der Waals surface area contributed by atoms with Crippen LogP contribution in [0.2, 0.25) is 0 Å². The molecule has 0 aromatic heterocycles. The van der Waals surface area contributed by atoms with Crippen LogP contribution < -0.4 is 15.4 Å². The number of urea groups is 1. The van der Waals surface area contributed by atoms with Crippen LogP contribution in [0.25, 0.3) is 0 Å². The average molecular weight is 424 g/mol. The Hall–Kier alpha value is -3.02. The van der Waals surface area contributed by atoms with Gasteiger partial charge in [-0.3, -0.25) is 4.79 Å². The largest absolute Gasteiger partial charge is 0.492 e. The topological polar surface area (TPSA) is 70.7 Å². The molecular formula is C25H33N3O3. The number of anilines is 1. The molecule has 0 aliphatic carbocycles. The number of aryl methyl sites for hydroxylation is 1. The minimum absolute atomic E-state index is 0.0638. The van der Waals surface area contributed by atoms with Crippen LogP contribution in [0.1, 0.15) is 37.3 Å². The zero-order chi connectivity index (χ0) is 22.1. The number of para-hydroxylation sites is 2. The first-order valence-electron chi connectivity index (χ1n) is 11.1. The lowest BCUT2D eigenvalue weighted by Gasteiger charge is -2.32. The molecule has 6 heteroatoms. The van der Waals surface area contributed by atoms with Gasteiger partial charge in [0.15, 0.2) is 0 Å². The number of carbonyl (C=O) groups is 2. The summed E-state index contributed by atoms with van der Waals surface area (Å²) in [4.78, 5) is 26.0. The maximum absolute atomic E-state index is 12.7. The number of benzene rings is 2. The Balaban J connectivity index is 1.45. The number of likely N-dealkylation sites (tertiary alicyclic amines) is 1. The summed E-state index contributed by atoms with van der Waals surface area (Å²) < 4.78 is 5.60. The summed E-state index contributed by atoms with van der Waals surface area (Å²) in [5.41, 5.74) is 3.22. The summed E-state index contributed by atoms with van der Waals surface area (Å²) in [5, 5.41) is 5.65. The second-order valence-corrected chi connectivity index (χ2v) is 7.98. The molecule has 6 nitrogen and oxygen atoms in total. The number of hydrogen-bond donors (Lipinski definition) is 2. The number of nitrogens with one attached hydrogen (secondary N) is 2. The highest BCUT2D eigenvalue weighted by Gasteiger charge is 2.23. The van der Waals surface area contributed by atoms with Crippen molar-refractivity contribution >= 4 is 17.6 Å². The van der Waals surface area contributed by atoms with E-state index in [0.29, 0.717) is 30.4 Å². The van der Waals surface area contributed by atoms with Crippen LogP contribution in [0.5, 0.6) is 5.75 Å². The molecule has 3 rings (SSSR count). The van der Waals surface area contributed by atoms with Crippen LogP contribution in [-0.4, -0.2) is 43.6 Å². The van der Waals surface area contributed by atoms with Crippen LogP contribution in [0.3, 0.4) is 0 Å². The zero-order valence-electron chi connectivity index (χ0n) is 18.5. The monoisotopic (exact) mass is 423 g/mol. The first-order valence-corrected chi connectivity index (χ1v) is 11.1. The third kappa shape index (κ3) is 6.74. The second kappa shape index (κ2) is 11.4. The molecule has 2 N–H and O–H groups in total. The average Bonchev–Trinajstić information content (AvgIpc) is 2.80. The molecule has 0 atom stereocenters. The van der Waals surface area contributed by atoms with E-state index in [9.17, 15) is 9.59 Å². The number of nitrogens with zero attached hydrogens (tertiary/aromatic N) is 1. The first kappa shape index (κ1) is 22.7. The molecule has 1 aliphatic rings. The van der Waals surface area contributed by atoms with Crippen molar-refractivity contribution < 1.29 is 14.3 Å². The molecule has 2 aromatic rings. The van der Waals surface area contributed by atoms with Crippen molar-refractivity contribution in [2.24, 2.45) is 5.92 Å². The van der Waals surface area contributed by atoms with Crippen molar-refractivity contribution in [3.8, 4) is 5.75 Å². The van der Waals surface area contributed by atoms with Crippen molar-refractivity contribution in [2.45, 2.75) is 39.0 Å². The molecule has 1 aliphatic heterocycles. The van der Waals surface area contributed by atoms with E-state index < -0.39 is 0 Å². The van der Waals surface area contributed by atoms with Crippen molar-refractivity contribution in [3.05, 3.63) is 59.7 Å². The second-order valence-electron chi connectivity index (χ2n) is 7.98. The lowest BCUT2D eigenvalue weighted by Crippen LogP contribution is -2.41. The Morgan fingerprint density at radius 2 is 1.71 bits per heavy atom. The fraction of sp³-hybridized carbons (Fsp3) is 0.440. The Labute approximate surface area is 185 Å². The predicted octanol–water partition coefficient (Wildman–Crippen LogP) is 4.25. The Kier molecular flexibility index (Phi) is 8.33. The molecule has 3 amide bonds. The van der Waals surface area contributed by atoms with Gasteiger partial charge >= 0.3 is 6.03 Å². The van der Waals surface area contributed by atoms with Crippen molar-refractivity contribution in [3.63, 3.8) is 0 Å². The van der Waals surface area contributed by atoms with Gasteiger partial charge in [-0.2, -0.15) is 0 Å². The third-order valence-electron chi connectivity index (χ3n) is 5.80. The molecule has 1 fully saturated rings. The van der Waals surface area contributed by atoms with Gasteiger partial charge in [0.1, 0.15) is 5.75 Å². The number of amides is 3. The van der Waals surface area contributed by atoms with E-state index in [1.54, 1.807) is 7.05 Å². The zero-order valence-corrected chi connectivity index (χ0v) is 18.5. The molecule has 0 unspecified atom stereocenters. The standard InChI is InChI=1S/C25H33N3O3/c1-3-31-23-7-5-4-6-22(23)27-25(30)28-16-14-21(15-17-28)18-20-10-8-19(9-11-20)12-13-24(29)26-2/h4-11,21H,3,12-18H2,1-2H3,(H,26,29)(H,27,30). The Morgan fingerprint density at radius 3 is 2.39 bits per heavy atom. The minimum Gasteiger partial charge on any atom is -0.492 e. The molecule has 1 heterocycles. The van der Waals surface area contributed by atoms with Crippen molar-refractivity contribution in [2.75, 3.05) is 32.1 Å². The van der Waals surface area contributed by atoms with Gasteiger partial charge in [-0.15, -0.1) is 0 Å². The molecule has 0 saturated carbocycles. The molecule has 1 saturated heterocycles. The third-order valence-corrected chi connectivity index (χ3v) is 5.80. The van der Waals surface area contributed by atoms with Gasteiger partial charge in [0.2, 0.25) is 5.91 Å². The van der Waals surface area contributed by atoms with Gasteiger partial charge in [0, 0.05) is 26.6 Å². The lowest BCUT2D eigenvalue weighted by molar-refractivity contribution is -0.120. The van der Waals surface area contributed by atoms with Gasteiger partial charge in [-0.05, 0) is 61.8 Å². The lowest BCUT2D eigenvalue weighted by atomic mass is 9.90. The number of piperidine rings is 1. The van der Waals surface area contributed by atoms with Crippen molar-refractivity contribution in [1.29, 1.82) is 0 Å². The SMILES string of the molecule is CCOc1ccccc1NC(=O)N1CCC(Cc2ccc(CCC(=O)NC)cc2)CC1. The Morgan fingerprint density at radius 1 is 1.03 bits per heavy atom. The Bertz CT molecular complexity index is 859. The quantitative estimate of drug-likeness (QED) is 0.667. The van der Waals surface area contributed by atoms with E-state index in [-0.39, 0.29) is 11.9 Å². The predicted molar refractivity (Wildman–Crippen MR) is 123 cm³/mol. The van der Waals surface area contributed by atoms with Crippen LogP contribution in [-0.2, 0) is 17.6 Å². The highest BCUT2D eigenvalue weighted by Crippen LogP contribution is 2.26. The van der Waals surface area contributed by atoms with Crippen LogP contribution >= 0.6 is 0 Å². The molecule has 0 bridgehead atoms. The van der Waals surface area contributed by atoms with E-state index in [1.807, 2.05) is 36.1 Å². The summed E-state index contributed by atoms with van der Waals surface area (Å²) in [6, 6.07) is 16.1. The van der Waals surface area contributed by atoms with E-state index >= 15 is 0 Å². The maximum Gasteiger partial charge on any atom is 0.321 e. The van der Waals surface area contributed by atoms with Gasteiger partial charge < -0.3 is 20.3 Å². The summed E-state index contributed by atoms with van der Waals surface area (Å²) in [6.07, 6.45) is 4.31. The molecule has 166 valence electrons. The van der Waals surface area contributed by atoms with E-state index in [4.69, 9.17) is 4.74 Å². The number of hydrogen-bond acceptors (Lipinski definition) is 3. The summed E-state index contributed by atoms with van der Waals surface area (Å²) in [5.74, 6) is 1.35. The van der Waals surface area contributed by atoms with Gasteiger partial charge in [0.05, 0.1) is 12.3 Å². The fourth-order valence-electron chi connectivity index (χ4n) is 3.94. The molecule has 0 spiro atoms. The van der Waals surface area contributed by atoms with Gasteiger partial charge in [-0.25, -0.2) is 4.79 Å². The van der Waals surface area contributed by atoms with Gasteiger partial charge in [-0.1, -0.05) is 36.4 Å². The number of carbonyl (C=O) groups excluding carboxylic acids is 2.